The third-order valence-corrected chi connectivity index (χ3v) is 2.61. The van der Waals surface area contributed by atoms with Gasteiger partial charge in [0.1, 0.15) is 5.69 Å². The van der Waals surface area contributed by atoms with Crippen LogP contribution >= 0.6 is 0 Å². The van der Waals surface area contributed by atoms with Gasteiger partial charge in [-0.3, -0.25) is 15.1 Å². The summed E-state index contributed by atoms with van der Waals surface area (Å²) >= 11 is 0. The highest BCUT2D eigenvalue weighted by atomic mass is 19.4. The fourth-order valence-electron chi connectivity index (χ4n) is 1.54. The molecule has 0 radical (unpaired) electrons. The molecule has 23 heavy (non-hydrogen) atoms. The van der Waals surface area contributed by atoms with Gasteiger partial charge in [0.05, 0.1) is 29.2 Å². The zero-order valence-electron chi connectivity index (χ0n) is 11.5. The number of nitriles is 2. The van der Waals surface area contributed by atoms with Crippen molar-refractivity contribution in [2.45, 2.75) is 6.18 Å². The van der Waals surface area contributed by atoms with Crippen LogP contribution in [-0.2, 0) is 6.18 Å². The SMILES string of the molecule is N#CC(C#N)C=NCCNc1ccc(C(F)(F)F)cc1[N+](=O)[O-]. The number of benzene rings is 1. The number of alkyl halides is 3. The van der Waals surface area contributed by atoms with Crippen molar-refractivity contribution in [2.24, 2.45) is 10.9 Å². The van der Waals surface area contributed by atoms with E-state index in [1.165, 1.54) is 0 Å². The molecule has 0 spiro atoms. The van der Waals surface area contributed by atoms with Crippen LogP contribution in [0.25, 0.3) is 0 Å². The van der Waals surface area contributed by atoms with Gasteiger partial charge in [-0.15, -0.1) is 0 Å². The van der Waals surface area contributed by atoms with E-state index in [-0.39, 0.29) is 18.8 Å². The standard InChI is InChI=1S/C13H10F3N5O2/c14-13(15,16)10-1-2-11(12(5-10)21(22)23)20-4-3-19-8-9(6-17)7-18/h1-2,5,8-9,20H,3-4H2. The van der Waals surface area contributed by atoms with E-state index in [9.17, 15) is 23.3 Å². The molecule has 0 aliphatic carbocycles. The molecule has 0 fully saturated rings. The number of nitrogens with one attached hydrogen (secondary N) is 1. The number of aliphatic imine (C=N–C) groups is 1. The predicted molar refractivity (Wildman–Crippen MR) is 74.7 cm³/mol. The van der Waals surface area contributed by atoms with Crippen LogP contribution < -0.4 is 5.32 Å². The molecule has 0 saturated heterocycles. The minimum atomic E-state index is -4.67. The molecule has 0 unspecified atom stereocenters. The molecular formula is C13H10F3N5O2. The van der Waals surface area contributed by atoms with Crippen LogP contribution in [0, 0.1) is 38.7 Å². The van der Waals surface area contributed by atoms with Crippen molar-refractivity contribution < 1.29 is 18.1 Å². The number of anilines is 1. The van der Waals surface area contributed by atoms with E-state index >= 15 is 0 Å². The first-order valence-corrected chi connectivity index (χ1v) is 6.18. The van der Waals surface area contributed by atoms with Gasteiger partial charge in [-0.2, -0.15) is 23.7 Å². The van der Waals surface area contributed by atoms with Crippen LogP contribution in [0.15, 0.2) is 23.2 Å². The molecule has 10 heteroatoms. The second-order valence-electron chi connectivity index (χ2n) is 4.20. The van der Waals surface area contributed by atoms with Gasteiger partial charge >= 0.3 is 6.18 Å². The summed E-state index contributed by atoms with van der Waals surface area (Å²) < 4.78 is 37.6. The third kappa shape index (κ3) is 5.28. The molecule has 7 nitrogen and oxygen atoms in total. The quantitative estimate of drug-likeness (QED) is 0.374. The first-order valence-electron chi connectivity index (χ1n) is 6.18. The largest absolute Gasteiger partial charge is 0.416 e. The average molecular weight is 325 g/mol. The molecule has 1 aromatic rings. The topological polar surface area (TPSA) is 115 Å². The molecule has 0 atom stereocenters. The lowest BCUT2D eigenvalue weighted by Gasteiger charge is -2.09. The van der Waals surface area contributed by atoms with E-state index in [1.807, 2.05) is 0 Å². The lowest BCUT2D eigenvalue weighted by atomic mass is 10.1. The number of nitro groups is 1. The first-order chi connectivity index (χ1) is 10.8. The fourth-order valence-corrected chi connectivity index (χ4v) is 1.54. The van der Waals surface area contributed by atoms with E-state index in [1.54, 1.807) is 12.1 Å². The Balaban J connectivity index is 2.76. The van der Waals surface area contributed by atoms with Crippen molar-refractivity contribution in [3.8, 4) is 12.1 Å². The molecule has 0 bridgehead atoms. The Bertz CT molecular complexity index is 674. The third-order valence-electron chi connectivity index (χ3n) is 2.61. The van der Waals surface area contributed by atoms with E-state index in [2.05, 4.69) is 10.3 Å². The normalized spacial score (nSPS) is 11.2. The Kier molecular flexibility index (Phi) is 6.04. The van der Waals surface area contributed by atoms with Crippen LogP contribution in [0.1, 0.15) is 5.56 Å². The molecule has 1 N–H and O–H groups in total. The van der Waals surface area contributed by atoms with E-state index in [4.69, 9.17) is 10.5 Å². The summed E-state index contributed by atoms with van der Waals surface area (Å²) in [5, 5.41) is 30.5. The lowest BCUT2D eigenvalue weighted by Crippen LogP contribution is -2.10. The van der Waals surface area contributed by atoms with Crippen LogP contribution in [0.2, 0.25) is 0 Å². The Hall–Kier alpha value is -3.14. The van der Waals surface area contributed by atoms with Gasteiger partial charge in [0.15, 0.2) is 5.92 Å². The van der Waals surface area contributed by atoms with Crippen molar-refractivity contribution in [1.29, 1.82) is 10.5 Å². The van der Waals surface area contributed by atoms with Gasteiger partial charge in [-0.1, -0.05) is 0 Å². The van der Waals surface area contributed by atoms with Crippen LogP contribution in [0.5, 0.6) is 0 Å². The highest BCUT2D eigenvalue weighted by Gasteiger charge is 2.32. The summed E-state index contributed by atoms with van der Waals surface area (Å²) in [4.78, 5) is 13.7. The van der Waals surface area contributed by atoms with Gasteiger partial charge in [0.25, 0.3) is 5.69 Å². The zero-order chi connectivity index (χ0) is 17.5. The van der Waals surface area contributed by atoms with Crippen LogP contribution in [0.4, 0.5) is 24.5 Å². The first kappa shape index (κ1) is 17.9. The summed E-state index contributed by atoms with van der Waals surface area (Å²) in [5.74, 6) is -0.990. The Morgan fingerprint density at radius 3 is 2.57 bits per heavy atom. The maximum Gasteiger partial charge on any atom is 0.416 e. The Morgan fingerprint density at radius 2 is 2.04 bits per heavy atom. The smallest absolute Gasteiger partial charge is 0.378 e. The second kappa shape index (κ2) is 7.75. The zero-order valence-corrected chi connectivity index (χ0v) is 11.5. The molecule has 0 amide bonds. The minimum Gasteiger partial charge on any atom is -0.378 e. The number of rotatable bonds is 6. The van der Waals surface area contributed by atoms with Gasteiger partial charge < -0.3 is 5.32 Å². The molecule has 0 saturated carbocycles. The molecule has 0 aliphatic rings. The molecule has 0 aliphatic heterocycles. The molecule has 1 rings (SSSR count). The Labute approximate surface area is 128 Å². The number of hydrogen-bond acceptors (Lipinski definition) is 6. The van der Waals surface area contributed by atoms with Crippen molar-refractivity contribution in [3.63, 3.8) is 0 Å². The summed E-state index contributed by atoms with van der Waals surface area (Å²) in [5.41, 5.74) is -1.88. The molecular weight excluding hydrogens is 315 g/mol. The highest BCUT2D eigenvalue weighted by Crippen LogP contribution is 2.34. The number of nitro benzene ring substituents is 1. The number of halogens is 3. The monoisotopic (exact) mass is 325 g/mol. The minimum absolute atomic E-state index is 0.0738. The lowest BCUT2D eigenvalue weighted by molar-refractivity contribution is -0.384. The average Bonchev–Trinajstić information content (AvgIpc) is 2.49. The highest BCUT2D eigenvalue weighted by molar-refractivity contribution is 5.67. The summed E-state index contributed by atoms with van der Waals surface area (Å²) in [7, 11) is 0. The van der Waals surface area contributed by atoms with E-state index in [0.717, 1.165) is 18.3 Å². The van der Waals surface area contributed by atoms with Gasteiger partial charge in [-0.25, -0.2) is 0 Å². The van der Waals surface area contributed by atoms with Gasteiger partial charge in [0.2, 0.25) is 0 Å². The van der Waals surface area contributed by atoms with Gasteiger partial charge in [-0.05, 0) is 12.1 Å². The van der Waals surface area contributed by atoms with Crippen molar-refractivity contribution in [2.75, 3.05) is 18.4 Å². The number of hydrogen-bond donors (Lipinski definition) is 1. The maximum absolute atomic E-state index is 12.5. The van der Waals surface area contributed by atoms with Gasteiger partial charge in [0, 0.05) is 18.8 Å². The Morgan fingerprint density at radius 1 is 1.39 bits per heavy atom. The molecule has 0 heterocycles. The van der Waals surface area contributed by atoms with Crippen molar-refractivity contribution in [1.82, 2.24) is 0 Å². The second-order valence-corrected chi connectivity index (χ2v) is 4.20. The molecule has 1 aromatic carbocycles. The summed E-state index contributed by atoms with van der Waals surface area (Å²) in [6.07, 6.45) is -3.54. The van der Waals surface area contributed by atoms with Crippen LogP contribution in [-0.4, -0.2) is 24.2 Å². The van der Waals surface area contributed by atoms with E-state index in [0.29, 0.717) is 6.07 Å². The number of nitrogens with zero attached hydrogens (tertiary/aromatic N) is 4. The predicted octanol–water partition coefficient (Wildman–Crippen LogP) is 2.76. The summed E-state index contributed by atoms with van der Waals surface area (Å²) in [6, 6.07) is 5.51. The van der Waals surface area contributed by atoms with E-state index < -0.39 is 28.3 Å². The van der Waals surface area contributed by atoms with Crippen LogP contribution in [0.3, 0.4) is 0 Å². The molecule has 120 valence electrons. The fraction of sp³-hybridized carbons (Fsp3) is 0.308. The van der Waals surface area contributed by atoms with Crippen molar-refractivity contribution in [3.05, 3.63) is 33.9 Å². The molecule has 0 aromatic heterocycles. The maximum atomic E-state index is 12.5. The summed E-state index contributed by atoms with van der Waals surface area (Å²) in [6.45, 7) is 0.185. The van der Waals surface area contributed by atoms with Crippen molar-refractivity contribution >= 4 is 17.6 Å².